The van der Waals surface area contributed by atoms with Crippen molar-refractivity contribution in [2.45, 2.75) is 52.4 Å². The molecule has 3 aromatic rings. The molecule has 0 unspecified atom stereocenters. The van der Waals surface area contributed by atoms with E-state index in [1.165, 1.54) is 32.1 Å². The number of rotatable bonds is 12. The highest BCUT2D eigenvalue weighted by Gasteiger charge is 2.11. The van der Waals surface area contributed by atoms with Gasteiger partial charge >= 0.3 is 0 Å². The Morgan fingerprint density at radius 2 is 1.73 bits per heavy atom. The van der Waals surface area contributed by atoms with Crippen molar-refractivity contribution >= 4 is 27.5 Å². The average Bonchev–Trinajstić information content (AvgIpc) is 3.33. The van der Waals surface area contributed by atoms with Crippen LogP contribution in [0.25, 0.3) is 11.3 Å². The predicted molar refractivity (Wildman–Crippen MR) is 137 cm³/mol. The normalized spacial score (nSPS) is 11.4. The van der Waals surface area contributed by atoms with Gasteiger partial charge in [-0.3, -0.25) is 9.89 Å². The van der Waals surface area contributed by atoms with Crippen LogP contribution in [0.5, 0.6) is 5.75 Å². The summed E-state index contributed by atoms with van der Waals surface area (Å²) in [5, 5.41) is 11.2. The van der Waals surface area contributed by atoms with Gasteiger partial charge in [-0.1, -0.05) is 67.1 Å². The molecule has 0 radical (unpaired) electrons. The van der Waals surface area contributed by atoms with Gasteiger partial charge in [-0.25, -0.2) is 5.43 Å². The van der Waals surface area contributed by atoms with Crippen LogP contribution in [0.1, 0.15) is 68.4 Å². The molecule has 0 bridgehead atoms. The van der Waals surface area contributed by atoms with E-state index in [1.807, 2.05) is 55.5 Å². The molecule has 0 fully saturated rings. The molecule has 0 saturated carbocycles. The third-order valence-corrected chi connectivity index (χ3v) is 5.86. The Hall–Kier alpha value is -2.93. The van der Waals surface area contributed by atoms with Crippen molar-refractivity contribution in [3.63, 3.8) is 0 Å². The van der Waals surface area contributed by atoms with Gasteiger partial charge < -0.3 is 4.74 Å². The minimum Gasteiger partial charge on any atom is -0.494 e. The second-order valence-corrected chi connectivity index (χ2v) is 8.87. The number of aromatic nitrogens is 2. The number of nitrogens with zero attached hydrogens (tertiary/aromatic N) is 2. The maximum Gasteiger partial charge on any atom is 0.289 e. The zero-order chi connectivity index (χ0) is 23.5. The molecule has 0 atom stereocenters. The van der Waals surface area contributed by atoms with Gasteiger partial charge in [0.25, 0.3) is 5.91 Å². The van der Waals surface area contributed by atoms with Crippen molar-refractivity contribution in [1.29, 1.82) is 0 Å². The summed E-state index contributed by atoms with van der Waals surface area (Å²) in [5.41, 5.74) is 6.17. The number of amides is 1. The summed E-state index contributed by atoms with van der Waals surface area (Å²) in [6.07, 6.45) is 7.46. The smallest absolute Gasteiger partial charge is 0.289 e. The van der Waals surface area contributed by atoms with Gasteiger partial charge in [0.15, 0.2) is 0 Å². The van der Waals surface area contributed by atoms with Crippen LogP contribution in [0.2, 0.25) is 0 Å². The molecule has 0 aliphatic carbocycles. The first-order valence-corrected chi connectivity index (χ1v) is 12.3. The summed E-state index contributed by atoms with van der Waals surface area (Å²) in [4.78, 5) is 12.4. The van der Waals surface area contributed by atoms with E-state index >= 15 is 0 Å². The largest absolute Gasteiger partial charge is 0.494 e. The molecule has 0 spiro atoms. The maximum atomic E-state index is 12.4. The zero-order valence-electron chi connectivity index (χ0n) is 19.2. The Bertz CT molecular complexity index is 1040. The summed E-state index contributed by atoms with van der Waals surface area (Å²) >= 11 is 3.41. The molecule has 2 N–H and O–H groups in total. The highest BCUT2D eigenvalue weighted by molar-refractivity contribution is 9.10. The Balaban J connectivity index is 1.49. The number of halogens is 1. The topological polar surface area (TPSA) is 79.4 Å². The van der Waals surface area contributed by atoms with E-state index in [9.17, 15) is 4.79 Å². The average molecular weight is 511 g/mol. The Labute approximate surface area is 204 Å². The zero-order valence-corrected chi connectivity index (χ0v) is 20.8. The second-order valence-electron chi connectivity index (χ2n) is 7.95. The van der Waals surface area contributed by atoms with Gasteiger partial charge in [-0.05, 0) is 61.4 Å². The molecule has 0 aliphatic rings. The predicted octanol–water partition coefficient (Wildman–Crippen LogP) is 6.73. The van der Waals surface area contributed by atoms with E-state index in [4.69, 9.17) is 4.74 Å². The van der Waals surface area contributed by atoms with Crippen LogP contribution in [0.4, 0.5) is 0 Å². The van der Waals surface area contributed by atoms with Crippen molar-refractivity contribution in [2.24, 2.45) is 5.10 Å². The number of aromatic amines is 1. The molecule has 7 heteroatoms. The molecular formula is C26H31BrN4O2. The molecule has 3 rings (SSSR count). The highest BCUT2D eigenvalue weighted by Crippen LogP contribution is 2.22. The van der Waals surface area contributed by atoms with Crippen LogP contribution >= 0.6 is 15.9 Å². The number of H-pyrrole nitrogens is 1. The summed E-state index contributed by atoms with van der Waals surface area (Å²) in [5.74, 6) is 0.502. The fourth-order valence-corrected chi connectivity index (χ4v) is 3.60. The lowest BCUT2D eigenvalue weighted by Gasteiger charge is -2.06. The van der Waals surface area contributed by atoms with E-state index < -0.39 is 0 Å². The molecule has 33 heavy (non-hydrogen) atoms. The Morgan fingerprint density at radius 3 is 2.45 bits per heavy atom. The van der Waals surface area contributed by atoms with Gasteiger partial charge in [0, 0.05) is 10.0 Å². The summed E-state index contributed by atoms with van der Waals surface area (Å²) in [7, 11) is 0. The van der Waals surface area contributed by atoms with Crippen LogP contribution in [-0.4, -0.2) is 28.4 Å². The van der Waals surface area contributed by atoms with Crippen LogP contribution in [0.15, 0.2) is 64.2 Å². The van der Waals surface area contributed by atoms with Crippen molar-refractivity contribution < 1.29 is 9.53 Å². The van der Waals surface area contributed by atoms with Crippen LogP contribution in [-0.2, 0) is 0 Å². The number of hydrazone groups is 1. The van der Waals surface area contributed by atoms with Crippen molar-refractivity contribution in [3.8, 4) is 17.0 Å². The molecule has 6 nitrogen and oxygen atoms in total. The van der Waals surface area contributed by atoms with Gasteiger partial charge in [0.2, 0.25) is 0 Å². The fourth-order valence-electron chi connectivity index (χ4n) is 3.33. The summed E-state index contributed by atoms with van der Waals surface area (Å²) in [6, 6.07) is 17.2. The van der Waals surface area contributed by atoms with E-state index in [0.717, 1.165) is 34.4 Å². The number of ether oxygens (including phenoxy) is 1. The monoisotopic (exact) mass is 510 g/mol. The molecular weight excluding hydrogens is 480 g/mol. The lowest BCUT2D eigenvalue weighted by atomic mass is 10.1. The van der Waals surface area contributed by atoms with Crippen LogP contribution in [0.3, 0.4) is 0 Å². The molecule has 1 heterocycles. The quantitative estimate of drug-likeness (QED) is 0.161. The third kappa shape index (κ3) is 7.86. The fraction of sp³-hybridized carbons (Fsp3) is 0.346. The standard InChI is InChI=1S/C26H31BrN4O2/c1-3-4-5-6-7-8-17-33-23-15-11-21(12-16-23)24-18-25(30-29-24)26(32)31-28-19(2)20-9-13-22(27)14-10-20/h9-16,18H,3-8,17H2,1-2H3,(H,29,30)(H,31,32)/b28-19-. The third-order valence-electron chi connectivity index (χ3n) is 5.33. The van der Waals surface area contributed by atoms with E-state index in [1.54, 1.807) is 6.07 Å². The lowest BCUT2D eigenvalue weighted by molar-refractivity contribution is 0.0950. The Morgan fingerprint density at radius 1 is 1.03 bits per heavy atom. The number of unbranched alkanes of at least 4 members (excludes halogenated alkanes) is 5. The van der Waals surface area contributed by atoms with E-state index in [2.05, 4.69) is 43.6 Å². The molecule has 0 aliphatic heterocycles. The minimum absolute atomic E-state index is 0.343. The van der Waals surface area contributed by atoms with E-state index in [0.29, 0.717) is 17.1 Å². The lowest BCUT2D eigenvalue weighted by Crippen LogP contribution is -2.19. The van der Waals surface area contributed by atoms with Crippen molar-refractivity contribution in [1.82, 2.24) is 15.6 Å². The second kappa shape index (κ2) is 12.9. The van der Waals surface area contributed by atoms with Crippen LogP contribution in [0, 0.1) is 0 Å². The van der Waals surface area contributed by atoms with Gasteiger partial charge in [-0.15, -0.1) is 0 Å². The van der Waals surface area contributed by atoms with Gasteiger partial charge in [0.1, 0.15) is 11.4 Å². The number of hydrogen-bond acceptors (Lipinski definition) is 4. The van der Waals surface area contributed by atoms with Crippen LogP contribution < -0.4 is 10.2 Å². The number of nitrogens with one attached hydrogen (secondary N) is 2. The van der Waals surface area contributed by atoms with Gasteiger partial charge in [0.05, 0.1) is 18.0 Å². The molecule has 2 aromatic carbocycles. The SMILES string of the molecule is CCCCCCCCOc1ccc(-c2cc(C(=O)N/N=C(/C)c3ccc(Br)cc3)[nH]n2)cc1. The number of hydrogen-bond donors (Lipinski definition) is 2. The highest BCUT2D eigenvalue weighted by atomic mass is 79.9. The van der Waals surface area contributed by atoms with Gasteiger partial charge in [-0.2, -0.15) is 10.2 Å². The number of carbonyl (C=O) groups is 1. The first kappa shape index (κ1) is 24.7. The molecule has 0 saturated heterocycles. The first-order valence-electron chi connectivity index (χ1n) is 11.5. The summed E-state index contributed by atoms with van der Waals surface area (Å²) < 4.78 is 6.83. The van der Waals surface area contributed by atoms with Crippen molar-refractivity contribution in [2.75, 3.05) is 6.61 Å². The number of carbonyl (C=O) groups excluding carboxylic acids is 1. The van der Waals surface area contributed by atoms with E-state index in [-0.39, 0.29) is 5.91 Å². The molecule has 1 aromatic heterocycles. The molecule has 174 valence electrons. The number of benzene rings is 2. The minimum atomic E-state index is -0.343. The van der Waals surface area contributed by atoms with Crippen molar-refractivity contribution in [3.05, 3.63) is 70.3 Å². The first-order chi connectivity index (χ1) is 16.1. The maximum absolute atomic E-state index is 12.4. The summed E-state index contributed by atoms with van der Waals surface area (Å²) in [6.45, 7) is 4.81. The Kier molecular flexibility index (Phi) is 9.69. The molecule has 1 amide bonds.